The summed E-state index contributed by atoms with van der Waals surface area (Å²) in [5, 5.41) is 2.75. The van der Waals surface area contributed by atoms with Crippen molar-refractivity contribution in [2.75, 3.05) is 30.4 Å². The number of carbonyl (C=O) groups is 1. The van der Waals surface area contributed by atoms with Gasteiger partial charge in [-0.15, -0.1) is 0 Å². The van der Waals surface area contributed by atoms with Crippen LogP contribution in [-0.4, -0.2) is 31.1 Å². The van der Waals surface area contributed by atoms with Gasteiger partial charge in [0.15, 0.2) is 11.6 Å². The van der Waals surface area contributed by atoms with Gasteiger partial charge < -0.3 is 15.0 Å². The molecule has 0 aliphatic carbocycles. The number of pyridine rings is 1. The molecule has 3 rings (SSSR count). The van der Waals surface area contributed by atoms with Crippen molar-refractivity contribution in [2.24, 2.45) is 0 Å². The highest BCUT2D eigenvalue weighted by Crippen LogP contribution is 2.20. The normalized spacial score (nSPS) is 14.5. The van der Waals surface area contributed by atoms with Gasteiger partial charge in [-0.05, 0) is 55.2 Å². The number of halogens is 1. The van der Waals surface area contributed by atoms with Gasteiger partial charge in [-0.2, -0.15) is 0 Å². The largest absolute Gasteiger partial charge is 0.494 e. The fourth-order valence-electron chi connectivity index (χ4n) is 2.91. The van der Waals surface area contributed by atoms with Crippen molar-refractivity contribution < 1.29 is 13.9 Å². The second kappa shape index (κ2) is 8.47. The molecule has 1 aromatic carbocycles. The van der Waals surface area contributed by atoms with E-state index in [2.05, 4.69) is 15.2 Å². The van der Waals surface area contributed by atoms with Crippen molar-refractivity contribution in [1.29, 1.82) is 0 Å². The van der Waals surface area contributed by atoms with Gasteiger partial charge in [0.25, 0.3) is 0 Å². The maximum absolute atomic E-state index is 13.6. The Balaban J connectivity index is 1.58. The lowest BCUT2D eigenvalue weighted by molar-refractivity contribution is -0.111. The van der Waals surface area contributed by atoms with Crippen molar-refractivity contribution in [1.82, 2.24) is 4.98 Å². The van der Waals surface area contributed by atoms with E-state index in [1.54, 1.807) is 18.3 Å². The minimum absolute atomic E-state index is 0.173. The molecule has 2 aromatic rings. The van der Waals surface area contributed by atoms with Gasteiger partial charge in [-0.1, -0.05) is 6.07 Å². The highest BCUT2D eigenvalue weighted by Gasteiger charge is 2.11. The van der Waals surface area contributed by atoms with Crippen LogP contribution >= 0.6 is 0 Å². The first-order valence-corrected chi connectivity index (χ1v) is 8.69. The number of hydrogen-bond donors (Lipinski definition) is 1. The zero-order valence-electron chi connectivity index (χ0n) is 14.7. The standard InChI is InChI=1S/C20H22FN3O2/c1-26-18-8-5-15(13-17(18)21)6-10-20(25)23-16-7-9-19(22-14-16)24-11-3-2-4-12-24/h5-10,13-14H,2-4,11-12H2,1H3,(H,23,25)/b10-6+. The lowest BCUT2D eigenvalue weighted by Gasteiger charge is -2.27. The van der Waals surface area contributed by atoms with Crippen LogP contribution in [0, 0.1) is 5.82 Å². The number of nitrogens with one attached hydrogen (secondary N) is 1. The molecule has 1 saturated heterocycles. The minimum Gasteiger partial charge on any atom is -0.494 e. The maximum atomic E-state index is 13.6. The number of carbonyl (C=O) groups excluding carboxylic acids is 1. The third-order valence-corrected chi connectivity index (χ3v) is 4.30. The average molecular weight is 355 g/mol. The molecule has 0 spiro atoms. The van der Waals surface area contributed by atoms with E-state index in [-0.39, 0.29) is 11.7 Å². The van der Waals surface area contributed by atoms with E-state index in [4.69, 9.17) is 4.74 Å². The lowest BCUT2D eigenvalue weighted by atomic mass is 10.1. The molecule has 1 aromatic heterocycles. The van der Waals surface area contributed by atoms with Crippen LogP contribution in [0.5, 0.6) is 5.75 Å². The van der Waals surface area contributed by atoms with E-state index >= 15 is 0 Å². The Hall–Kier alpha value is -2.89. The Labute approximate surface area is 152 Å². The third kappa shape index (κ3) is 4.59. The predicted molar refractivity (Wildman–Crippen MR) is 101 cm³/mol. The van der Waals surface area contributed by atoms with E-state index in [1.807, 2.05) is 12.1 Å². The maximum Gasteiger partial charge on any atom is 0.248 e. The number of rotatable bonds is 5. The number of hydrogen-bond acceptors (Lipinski definition) is 4. The quantitative estimate of drug-likeness (QED) is 0.827. The number of methoxy groups -OCH3 is 1. The summed E-state index contributed by atoms with van der Waals surface area (Å²) in [6.07, 6.45) is 8.22. The summed E-state index contributed by atoms with van der Waals surface area (Å²) < 4.78 is 18.5. The Morgan fingerprint density at radius 3 is 2.69 bits per heavy atom. The summed E-state index contributed by atoms with van der Waals surface area (Å²) >= 11 is 0. The highest BCUT2D eigenvalue weighted by molar-refractivity contribution is 6.01. The second-order valence-corrected chi connectivity index (χ2v) is 6.17. The average Bonchev–Trinajstić information content (AvgIpc) is 2.68. The Bertz CT molecular complexity index is 784. The molecule has 1 N–H and O–H groups in total. The minimum atomic E-state index is -0.465. The smallest absolute Gasteiger partial charge is 0.248 e. The first-order chi connectivity index (χ1) is 12.7. The molecule has 0 atom stereocenters. The molecule has 0 radical (unpaired) electrons. The SMILES string of the molecule is COc1ccc(/C=C/C(=O)Nc2ccc(N3CCCCC3)nc2)cc1F. The number of nitrogens with zero attached hydrogens (tertiary/aromatic N) is 2. The van der Waals surface area contributed by atoms with E-state index < -0.39 is 5.82 Å². The summed E-state index contributed by atoms with van der Waals surface area (Å²) in [5.41, 5.74) is 1.21. The van der Waals surface area contributed by atoms with Gasteiger partial charge >= 0.3 is 0 Å². The molecule has 1 fully saturated rings. The van der Waals surface area contributed by atoms with E-state index in [0.29, 0.717) is 11.3 Å². The zero-order valence-corrected chi connectivity index (χ0v) is 14.7. The molecule has 1 aliphatic rings. The van der Waals surface area contributed by atoms with Gasteiger partial charge in [0.2, 0.25) is 5.91 Å². The molecule has 0 saturated carbocycles. The number of benzene rings is 1. The van der Waals surface area contributed by atoms with Crippen LogP contribution in [0.1, 0.15) is 24.8 Å². The number of piperidine rings is 1. The highest BCUT2D eigenvalue weighted by atomic mass is 19.1. The van der Waals surface area contributed by atoms with Gasteiger partial charge in [0.1, 0.15) is 5.82 Å². The predicted octanol–water partition coefficient (Wildman–Crippen LogP) is 3.87. The van der Waals surface area contributed by atoms with Crippen molar-refractivity contribution in [3.63, 3.8) is 0 Å². The van der Waals surface area contributed by atoms with E-state index in [1.165, 1.54) is 44.6 Å². The Kier molecular flexibility index (Phi) is 5.84. The lowest BCUT2D eigenvalue weighted by Crippen LogP contribution is -2.30. The number of ether oxygens (including phenoxy) is 1. The van der Waals surface area contributed by atoms with Crippen LogP contribution in [0.25, 0.3) is 6.08 Å². The molecule has 2 heterocycles. The number of amides is 1. The Morgan fingerprint density at radius 2 is 2.04 bits per heavy atom. The number of aromatic nitrogens is 1. The van der Waals surface area contributed by atoms with Gasteiger partial charge in [0.05, 0.1) is 19.0 Å². The van der Waals surface area contributed by atoms with Crippen molar-refractivity contribution in [2.45, 2.75) is 19.3 Å². The fourth-order valence-corrected chi connectivity index (χ4v) is 2.91. The molecular weight excluding hydrogens is 333 g/mol. The van der Waals surface area contributed by atoms with Crippen LogP contribution in [0.15, 0.2) is 42.6 Å². The summed E-state index contributed by atoms with van der Waals surface area (Å²) in [6.45, 7) is 2.06. The second-order valence-electron chi connectivity index (χ2n) is 6.17. The van der Waals surface area contributed by atoms with Crippen LogP contribution in [-0.2, 0) is 4.79 Å². The molecule has 1 amide bonds. The molecular formula is C20H22FN3O2. The summed E-state index contributed by atoms with van der Waals surface area (Å²) in [5.74, 6) is 0.347. The molecule has 0 bridgehead atoms. The molecule has 6 heteroatoms. The molecule has 5 nitrogen and oxygen atoms in total. The molecule has 1 aliphatic heterocycles. The summed E-state index contributed by atoms with van der Waals surface area (Å²) in [4.78, 5) is 18.7. The topological polar surface area (TPSA) is 54.5 Å². The van der Waals surface area contributed by atoms with Crippen LogP contribution < -0.4 is 15.0 Å². The fraction of sp³-hybridized carbons (Fsp3) is 0.300. The van der Waals surface area contributed by atoms with E-state index in [0.717, 1.165) is 18.9 Å². The van der Waals surface area contributed by atoms with Gasteiger partial charge in [-0.3, -0.25) is 4.79 Å². The molecule has 136 valence electrons. The van der Waals surface area contributed by atoms with Gasteiger partial charge in [-0.25, -0.2) is 9.37 Å². The summed E-state index contributed by atoms with van der Waals surface area (Å²) in [6, 6.07) is 8.29. The van der Waals surface area contributed by atoms with Crippen LogP contribution in [0.4, 0.5) is 15.9 Å². The monoisotopic (exact) mass is 355 g/mol. The Morgan fingerprint density at radius 1 is 1.23 bits per heavy atom. The van der Waals surface area contributed by atoms with Crippen LogP contribution in [0.3, 0.4) is 0 Å². The summed E-state index contributed by atoms with van der Waals surface area (Å²) in [7, 11) is 1.41. The van der Waals surface area contributed by atoms with Crippen molar-refractivity contribution in [3.8, 4) is 5.75 Å². The molecule has 26 heavy (non-hydrogen) atoms. The van der Waals surface area contributed by atoms with Crippen molar-refractivity contribution >= 4 is 23.5 Å². The van der Waals surface area contributed by atoms with E-state index in [9.17, 15) is 9.18 Å². The first kappa shape index (κ1) is 17.9. The van der Waals surface area contributed by atoms with Gasteiger partial charge in [0, 0.05) is 19.2 Å². The zero-order chi connectivity index (χ0) is 18.4. The first-order valence-electron chi connectivity index (χ1n) is 8.69. The number of anilines is 2. The molecule has 0 unspecified atom stereocenters. The third-order valence-electron chi connectivity index (χ3n) is 4.30. The van der Waals surface area contributed by atoms with Crippen molar-refractivity contribution in [3.05, 3.63) is 54.0 Å². The van der Waals surface area contributed by atoms with Crippen LogP contribution in [0.2, 0.25) is 0 Å².